The molecule has 0 aliphatic heterocycles. The van der Waals surface area contributed by atoms with E-state index >= 15 is 0 Å². The highest BCUT2D eigenvalue weighted by Gasteiger charge is 2.72. The van der Waals surface area contributed by atoms with Crippen molar-refractivity contribution in [2.45, 2.75) is 35.6 Å². The number of carboxylic acids is 1. The molecule has 2 aliphatic rings. The maximum Gasteiger partial charge on any atom is 0.325 e. The number of nitrogens with one attached hydrogen (secondary N) is 1. The van der Waals surface area contributed by atoms with E-state index in [-0.39, 0.29) is 11.3 Å². The second-order valence-electron chi connectivity index (χ2n) is 8.49. The summed E-state index contributed by atoms with van der Waals surface area (Å²) in [6, 6.07) is 19.7. The molecule has 0 bridgehead atoms. The van der Waals surface area contributed by atoms with Gasteiger partial charge in [0.1, 0.15) is 5.54 Å². The van der Waals surface area contributed by atoms with Crippen LogP contribution in [-0.4, -0.2) is 25.0 Å². The van der Waals surface area contributed by atoms with E-state index in [2.05, 4.69) is 4.72 Å². The predicted molar refractivity (Wildman–Crippen MR) is 119 cm³/mol. The third kappa shape index (κ3) is 3.01. The highest BCUT2D eigenvalue weighted by molar-refractivity contribution is 7.89. The summed E-state index contributed by atoms with van der Waals surface area (Å²) in [4.78, 5) is 12.3. The SMILES string of the molecule is C[C@]1(c2ccccc2)C[C@@]1(NS(=O)(=O)c1ccc2c(c1)Cc1cc(Cl)ccc1-2)C(=O)O. The highest BCUT2D eigenvalue weighted by Crippen LogP contribution is 2.58. The van der Waals surface area contributed by atoms with E-state index in [4.69, 9.17) is 11.6 Å². The van der Waals surface area contributed by atoms with Crippen LogP contribution in [0.2, 0.25) is 5.02 Å². The van der Waals surface area contributed by atoms with Crippen molar-refractivity contribution in [3.63, 3.8) is 0 Å². The summed E-state index contributed by atoms with van der Waals surface area (Å²) in [6.45, 7) is 1.78. The Morgan fingerprint density at radius 3 is 2.32 bits per heavy atom. The minimum atomic E-state index is -4.05. The van der Waals surface area contributed by atoms with E-state index in [9.17, 15) is 18.3 Å². The summed E-state index contributed by atoms with van der Waals surface area (Å²) in [5, 5.41) is 10.6. The lowest BCUT2D eigenvalue weighted by Crippen LogP contribution is -2.48. The molecule has 1 saturated carbocycles. The van der Waals surface area contributed by atoms with Crippen molar-refractivity contribution in [1.82, 2.24) is 4.72 Å². The number of sulfonamides is 1. The number of fused-ring (bicyclic) bond motifs is 3. The van der Waals surface area contributed by atoms with Crippen molar-refractivity contribution in [2.24, 2.45) is 0 Å². The van der Waals surface area contributed by atoms with E-state index in [0.717, 1.165) is 27.8 Å². The summed E-state index contributed by atoms with van der Waals surface area (Å²) >= 11 is 6.10. The lowest BCUT2D eigenvalue weighted by atomic mass is 9.93. The number of carbonyl (C=O) groups is 1. The second kappa shape index (κ2) is 6.66. The van der Waals surface area contributed by atoms with Crippen LogP contribution in [0, 0.1) is 0 Å². The second-order valence-corrected chi connectivity index (χ2v) is 10.6. The Kier molecular flexibility index (Phi) is 4.35. The van der Waals surface area contributed by atoms with Crippen LogP contribution in [0.4, 0.5) is 0 Å². The Balaban J connectivity index is 1.49. The Hall–Kier alpha value is -2.67. The Bertz CT molecular complexity index is 1340. The fourth-order valence-corrected chi connectivity index (χ4v) is 6.46. The third-order valence-corrected chi connectivity index (χ3v) is 8.37. The largest absolute Gasteiger partial charge is 0.480 e. The van der Waals surface area contributed by atoms with E-state index in [1.165, 1.54) is 6.07 Å². The van der Waals surface area contributed by atoms with Gasteiger partial charge in [0, 0.05) is 10.4 Å². The monoisotopic (exact) mass is 453 g/mol. The number of aliphatic carboxylic acids is 1. The molecule has 0 aromatic heterocycles. The van der Waals surface area contributed by atoms with Gasteiger partial charge in [0.15, 0.2) is 0 Å². The molecular formula is C24H20ClNO4S. The van der Waals surface area contributed by atoms with Crippen LogP contribution in [0.15, 0.2) is 71.6 Å². The van der Waals surface area contributed by atoms with Gasteiger partial charge in [-0.15, -0.1) is 0 Å². The Morgan fingerprint density at radius 1 is 1.00 bits per heavy atom. The first kappa shape index (κ1) is 20.2. The van der Waals surface area contributed by atoms with Crippen LogP contribution >= 0.6 is 11.6 Å². The van der Waals surface area contributed by atoms with E-state index in [1.54, 1.807) is 19.1 Å². The lowest BCUT2D eigenvalue weighted by Gasteiger charge is -2.21. The zero-order valence-electron chi connectivity index (χ0n) is 16.7. The normalized spacial score (nSPS) is 23.8. The van der Waals surface area contributed by atoms with Crippen LogP contribution in [0.1, 0.15) is 30.0 Å². The molecule has 0 unspecified atom stereocenters. The first-order valence-corrected chi connectivity index (χ1v) is 11.8. The van der Waals surface area contributed by atoms with Gasteiger partial charge in [0.05, 0.1) is 4.90 Å². The topological polar surface area (TPSA) is 83.5 Å². The lowest BCUT2D eigenvalue weighted by molar-refractivity contribution is -0.140. The van der Waals surface area contributed by atoms with E-state index < -0.39 is 26.9 Å². The van der Waals surface area contributed by atoms with E-state index in [0.29, 0.717) is 11.4 Å². The number of hydrogen-bond donors (Lipinski definition) is 2. The molecule has 0 heterocycles. The molecule has 0 amide bonds. The minimum Gasteiger partial charge on any atom is -0.480 e. The Morgan fingerprint density at radius 2 is 1.65 bits per heavy atom. The van der Waals surface area contributed by atoms with Crippen molar-refractivity contribution in [3.8, 4) is 11.1 Å². The molecular weight excluding hydrogens is 434 g/mol. The van der Waals surface area contributed by atoms with Gasteiger partial charge in [-0.3, -0.25) is 4.79 Å². The number of halogens is 1. The van der Waals surface area contributed by atoms with Crippen molar-refractivity contribution < 1.29 is 18.3 Å². The molecule has 2 aliphatic carbocycles. The smallest absolute Gasteiger partial charge is 0.325 e. The molecule has 3 aromatic rings. The quantitative estimate of drug-likeness (QED) is 0.470. The molecule has 2 atom stereocenters. The van der Waals surface area contributed by atoms with Gasteiger partial charge in [0.2, 0.25) is 10.0 Å². The van der Waals surface area contributed by atoms with Gasteiger partial charge in [-0.1, -0.05) is 61.0 Å². The number of rotatable bonds is 5. The average Bonchev–Trinajstić information content (AvgIpc) is 3.18. The van der Waals surface area contributed by atoms with Crippen LogP contribution in [0.3, 0.4) is 0 Å². The van der Waals surface area contributed by atoms with Crippen molar-refractivity contribution >= 4 is 27.6 Å². The van der Waals surface area contributed by atoms with Crippen molar-refractivity contribution in [2.75, 3.05) is 0 Å². The maximum atomic E-state index is 13.2. The molecule has 7 heteroatoms. The zero-order valence-corrected chi connectivity index (χ0v) is 18.3. The Labute approximate surface area is 185 Å². The number of carboxylic acid groups (broad SMARTS) is 1. The molecule has 0 spiro atoms. The molecule has 0 radical (unpaired) electrons. The number of benzene rings is 3. The van der Waals surface area contributed by atoms with Crippen molar-refractivity contribution in [3.05, 3.63) is 88.4 Å². The molecule has 31 heavy (non-hydrogen) atoms. The molecule has 1 fully saturated rings. The molecule has 158 valence electrons. The zero-order chi connectivity index (χ0) is 22.0. The van der Waals surface area contributed by atoms with E-state index in [1.807, 2.05) is 48.5 Å². The first-order chi connectivity index (χ1) is 14.7. The standard InChI is InChI=1S/C24H20ClNO4S/c1-23(17-5-3-2-4-6-17)14-24(23,22(27)28)26-31(29,30)19-8-10-21-16(13-19)11-15-12-18(25)7-9-20(15)21/h2-10,12-13,26H,11,14H2,1H3,(H,27,28)/t23-,24-/m1/s1. The highest BCUT2D eigenvalue weighted by atomic mass is 35.5. The fourth-order valence-electron chi connectivity index (χ4n) is 4.76. The summed E-state index contributed by atoms with van der Waals surface area (Å²) in [7, 11) is -4.05. The summed E-state index contributed by atoms with van der Waals surface area (Å²) in [5.41, 5.74) is 2.33. The van der Waals surface area contributed by atoms with Crippen molar-refractivity contribution in [1.29, 1.82) is 0 Å². The van der Waals surface area contributed by atoms with Gasteiger partial charge in [-0.2, -0.15) is 4.72 Å². The van der Waals surface area contributed by atoms with Gasteiger partial charge >= 0.3 is 5.97 Å². The molecule has 5 nitrogen and oxygen atoms in total. The molecule has 3 aromatic carbocycles. The third-order valence-electron chi connectivity index (χ3n) is 6.65. The molecule has 5 rings (SSSR count). The van der Waals surface area contributed by atoms with Crippen LogP contribution < -0.4 is 4.72 Å². The summed E-state index contributed by atoms with van der Waals surface area (Å²) < 4.78 is 29.0. The van der Waals surface area contributed by atoms with Crippen LogP contribution in [-0.2, 0) is 26.7 Å². The maximum absolute atomic E-state index is 13.2. The molecule has 0 saturated heterocycles. The number of hydrogen-bond acceptors (Lipinski definition) is 3. The predicted octanol–water partition coefficient (Wildman–Crippen LogP) is 4.37. The fraction of sp³-hybridized carbons (Fsp3) is 0.208. The van der Waals surface area contributed by atoms with Gasteiger partial charge < -0.3 is 5.11 Å². The molecule has 2 N–H and O–H groups in total. The summed E-state index contributed by atoms with van der Waals surface area (Å²) in [6.07, 6.45) is 0.772. The van der Waals surface area contributed by atoms with Crippen LogP contribution in [0.5, 0.6) is 0 Å². The van der Waals surface area contributed by atoms with Gasteiger partial charge in [0.25, 0.3) is 0 Å². The van der Waals surface area contributed by atoms with Gasteiger partial charge in [-0.05, 0) is 64.9 Å². The average molecular weight is 454 g/mol. The minimum absolute atomic E-state index is 0.0630. The summed E-state index contributed by atoms with van der Waals surface area (Å²) in [5.74, 6) is -1.18. The van der Waals surface area contributed by atoms with Crippen LogP contribution in [0.25, 0.3) is 11.1 Å². The van der Waals surface area contributed by atoms with Gasteiger partial charge in [-0.25, -0.2) is 8.42 Å². The first-order valence-electron chi connectivity index (χ1n) is 9.91.